The van der Waals surface area contributed by atoms with Gasteiger partial charge in [0.25, 0.3) is 5.91 Å². The van der Waals surface area contributed by atoms with Crippen LogP contribution in [0.2, 0.25) is 0 Å². The summed E-state index contributed by atoms with van der Waals surface area (Å²) in [6.07, 6.45) is 5.12. The minimum absolute atomic E-state index is 0.112. The van der Waals surface area contributed by atoms with Crippen molar-refractivity contribution in [3.63, 3.8) is 0 Å². The average molecular weight is 334 g/mol. The quantitative estimate of drug-likeness (QED) is 0.728. The molecule has 4 aliphatic rings. The van der Waals surface area contributed by atoms with Crippen molar-refractivity contribution in [1.29, 1.82) is 0 Å². The number of hydrogen-bond acceptors (Lipinski definition) is 4. The molecule has 3 heterocycles. The molecule has 4 amide bonds. The van der Waals surface area contributed by atoms with Gasteiger partial charge in [0.1, 0.15) is 12.1 Å². The minimum atomic E-state index is -0.807. The van der Waals surface area contributed by atoms with E-state index in [-0.39, 0.29) is 24.3 Å². The Kier molecular flexibility index (Phi) is 3.60. The molecule has 132 valence electrons. The van der Waals surface area contributed by atoms with Crippen LogP contribution in [0.4, 0.5) is 4.79 Å². The van der Waals surface area contributed by atoms with Gasteiger partial charge in [0.05, 0.1) is 0 Å². The number of carbonyl (C=O) groups excluding carboxylic acids is 3. The van der Waals surface area contributed by atoms with Gasteiger partial charge in [-0.25, -0.2) is 4.79 Å². The lowest BCUT2D eigenvalue weighted by atomic mass is 9.78. The Hall–Kier alpha value is -1.63. The molecule has 0 radical (unpaired) electrons. The third kappa shape index (κ3) is 2.49. The summed E-state index contributed by atoms with van der Waals surface area (Å²) in [5, 5.41) is 6.21. The Morgan fingerprint density at radius 3 is 2.50 bits per heavy atom. The number of rotatable bonds is 3. The highest BCUT2D eigenvalue weighted by Crippen LogP contribution is 2.42. The zero-order chi connectivity index (χ0) is 16.9. The first kappa shape index (κ1) is 15.9. The number of urea groups is 1. The average Bonchev–Trinajstić information content (AvgIpc) is 3.30. The molecule has 0 aromatic heterocycles. The van der Waals surface area contributed by atoms with Gasteiger partial charge < -0.3 is 15.5 Å². The minimum Gasteiger partial charge on any atom is -0.341 e. The zero-order valence-corrected chi connectivity index (χ0v) is 14.3. The third-order valence-corrected chi connectivity index (χ3v) is 6.50. The maximum atomic E-state index is 12.6. The maximum Gasteiger partial charge on any atom is 0.325 e. The van der Waals surface area contributed by atoms with Crippen molar-refractivity contribution in [2.24, 2.45) is 11.3 Å². The van der Waals surface area contributed by atoms with Crippen molar-refractivity contribution in [1.82, 2.24) is 20.4 Å². The molecule has 7 nitrogen and oxygen atoms in total. The van der Waals surface area contributed by atoms with Gasteiger partial charge in [-0.15, -0.1) is 0 Å². The molecule has 3 aliphatic heterocycles. The summed E-state index contributed by atoms with van der Waals surface area (Å²) in [6.45, 7) is 5.22. The highest BCUT2D eigenvalue weighted by atomic mass is 16.2. The van der Waals surface area contributed by atoms with Crippen molar-refractivity contribution in [2.45, 2.75) is 44.6 Å². The number of nitrogens with zero attached hydrogens (tertiary/aromatic N) is 2. The topological polar surface area (TPSA) is 81.8 Å². The molecule has 1 aliphatic carbocycles. The van der Waals surface area contributed by atoms with E-state index in [1.807, 2.05) is 4.90 Å². The Bertz CT molecular complexity index is 572. The standard InChI is InChI=1S/C17H26N4O3/c1-16(12-2-3-12)14(23)21(15(24)19-16)10-13(22)20-8-5-17(6-9-20)4-7-18-11-17/h12,18H,2-11H2,1H3,(H,19,24). The van der Waals surface area contributed by atoms with Gasteiger partial charge in [0.15, 0.2) is 0 Å². The Morgan fingerprint density at radius 2 is 1.92 bits per heavy atom. The van der Waals surface area contributed by atoms with E-state index in [0.717, 1.165) is 56.8 Å². The second-order valence-electron chi connectivity index (χ2n) is 8.11. The Balaban J connectivity index is 1.36. The molecule has 3 saturated heterocycles. The van der Waals surface area contributed by atoms with E-state index in [4.69, 9.17) is 0 Å². The number of carbonyl (C=O) groups is 3. The highest BCUT2D eigenvalue weighted by Gasteiger charge is 2.56. The zero-order valence-electron chi connectivity index (χ0n) is 14.3. The van der Waals surface area contributed by atoms with Gasteiger partial charge in [-0.2, -0.15) is 0 Å². The summed E-state index contributed by atoms with van der Waals surface area (Å²) < 4.78 is 0. The van der Waals surface area contributed by atoms with Crippen LogP contribution in [-0.4, -0.2) is 65.9 Å². The van der Waals surface area contributed by atoms with Crippen molar-refractivity contribution in [3.8, 4) is 0 Å². The lowest BCUT2D eigenvalue weighted by molar-refractivity contribution is -0.140. The van der Waals surface area contributed by atoms with Crippen molar-refractivity contribution < 1.29 is 14.4 Å². The molecule has 7 heteroatoms. The van der Waals surface area contributed by atoms with Crippen molar-refractivity contribution in [2.75, 3.05) is 32.7 Å². The molecule has 4 fully saturated rings. The van der Waals surface area contributed by atoms with Crippen LogP contribution >= 0.6 is 0 Å². The van der Waals surface area contributed by atoms with E-state index in [1.54, 1.807) is 6.92 Å². The number of nitrogens with one attached hydrogen (secondary N) is 2. The molecule has 4 rings (SSSR count). The van der Waals surface area contributed by atoms with Gasteiger partial charge >= 0.3 is 6.03 Å². The summed E-state index contributed by atoms with van der Waals surface area (Å²) in [5.74, 6) is -0.130. The van der Waals surface area contributed by atoms with E-state index in [1.165, 1.54) is 6.42 Å². The first-order valence-electron chi connectivity index (χ1n) is 9.06. The molecule has 2 N–H and O–H groups in total. The predicted octanol–water partition coefficient (Wildman–Crippen LogP) is 0.309. The molecular formula is C17H26N4O3. The fraction of sp³-hybridized carbons (Fsp3) is 0.824. The molecule has 1 atom stereocenters. The number of imide groups is 1. The fourth-order valence-corrected chi connectivity index (χ4v) is 4.48. The first-order chi connectivity index (χ1) is 11.4. The Labute approximate surface area is 142 Å². The molecule has 24 heavy (non-hydrogen) atoms. The number of amides is 4. The molecule has 1 unspecified atom stereocenters. The van der Waals surface area contributed by atoms with Crippen molar-refractivity contribution >= 4 is 17.8 Å². The van der Waals surface area contributed by atoms with Gasteiger partial charge in [0, 0.05) is 19.6 Å². The molecule has 0 aromatic rings. The lowest BCUT2D eigenvalue weighted by Gasteiger charge is -2.39. The smallest absolute Gasteiger partial charge is 0.325 e. The van der Waals surface area contributed by atoms with Crippen LogP contribution < -0.4 is 10.6 Å². The molecule has 0 bridgehead atoms. The lowest BCUT2D eigenvalue weighted by Crippen LogP contribution is -2.49. The molecular weight excluding hydrogens is 308 g/mol. The molecule has 1 saturated carbocycles. The molecule has 0 aromatic carbocycles. The van der Waals surface area contributed by atoms with Crippen LogP contribution in [0.3, 0.4) is 0 Å². The van der Waals surface area contributed by atoms with Crippen LogP contribution in [0.25, 0.3) is 0 Å². The van der Waals surface area contributed by atoms with E-state index >= 15 is 0 Å². The van der Waals surface area contributed by atoms with E-state index < -0.39 is 11.6 Å². The predicted molar refractivity (Wildman–Crippen MR) is 87.1 cm³/mol. The van der Waals surface area contributed by atoms with Gasteiger partial charge in [0.2, 0.25) is 5.91 Å². The third-order valence-electron chi connectivity index (χ3n) is 6.50. The first-order valence-corrected chi connectivity index (χ1v) is 9.06. The van der Waals surface area contributed by atoms with E-state index in [2.05, 4.69) is 10.6 Å². The summed E-state index contributed by atoms with van der Waals surface area (Å²) in [5.41, 5.74) is -0.457. The second-order valence-corrected chi connectivity index (χ2v) is 8.11. The van der Waals surface area contributed by atoms with Crippen LogP contribution in [0, 0.1) is 11.3 Å². The SMILES string of the molecule is CC1(C2CC2)NC(=O)N(CC(=O)N2CCC3(CCNC3)CC2)C1=O. The summed E-state index contributed by atoms with van der Waals surface area (Å²) in [7, 11) is 0. The largest absolute Gasteiger partial charge is 0.341 e. The van der Waals surface area contributed by atoms with Crippen LogP contribution in [0.1, 0.15) is 39.0 Å². The van der Waals surface area contributed by atoms with Gasteiger partial charge in [-0.05, 0) is 56.9 Å². The van der Waals surface area contributed by atoms with Crippen LogP contribution in [-0.2, 0) is 9.59 Å². The normalized spacial score (nSPS) is 32.5. The van der Waals surface area contributed by atoms with Gasteiger partial charge in [-0.1, -0.05) is 0 Å². The molecule has 1 spiro atoms. The highest BCUT2D eigenvalue weighted by molar-refractivity contribution is 6.09. The summed E-state index contributed by atoms with van der Waals surface area (Å²) in [4.78, 5) is 40.3. The van der Waals surface area contributed by atoms with Crippen LogP contribution in [0.15, 0.2) is 0 Å². The second kappa shape index (κ2) is 5.44. The number of hydrogen-bond donors (Lipinski definition) is 2. The monoisotopic (exact) mass is 334 g/mol. The maximum absolute atomic E-state index is 12.6. The Morgan fingerprint density at radius 1 is 1.21 bits per heavy atom. The van der Waals surface area contributed by atoms with Crippen LogP contribution in [0.5, 0.6) is 0 Å². The van der Waals surface area contributed by atoms with E-state index in [9.17, 15) is 14.4 Å². The summed E-state index contributed by atoms with van der Waals surface area (Å²) >= 11 is 0. The van der Waals surface area contributed by atoms with Gasteiger partial charge in [-0.3, -0.25) is 14.5 Å². The van der Waals surface area contributed by atoms with E-state index in [0.29, 0.717) is 5.41 Å². The summed E-state index contributed by atoms with van der Waals surface area (Å²) in [6, 6.07) is -0.420. The van der Waals surface area contributed by atoms with Crippen molar-refractivity contribution in [3.05, 3.63) is 0 Å². The number of likely N-dealkylation sites (tertiary alicyclic amines) is 1. The fourth-order valence-electron chi connectivity index (χ4n) is 4.48. The number of piperidine rings is 1.